The first-order valence-corrected chi connectivity index (χ1v) is 11.0. The van der Waals surface area contributed by atoms with Crippen molar-refractivity contribution < 1.29 is 4.57 Å². The maximum Gasteiger partial charge on any atom is 0.421 e. The Morgan fingerprint density at radius 3 is 2.48 bits per heavy atom. The smallest absolute Gasteiger partial charge is 0.368 e. The number of likely N-dealkylation sites (N-methyl/N-ethyl adjacent to an activating group) is 2. The first kappa shape index (κ1) is 19.9. The fourth-order valence-corrected chi connectivity index (χ4v) is 3.93. The summed E-state index contributed by atoms with van der Waals surface area (Å²) in [6.45, 7) is 9.56. The highest BCUT2D eigenvalue weighted by molar-refractivity contribution is 9.09. The normalized spacial score (nSPS) is 14.2. The third kappa shape index (κ3) is 4.51. The zero-order valence-electron chi connectivity index (χ0n) is 16.6. The van der Waals surface area contributed by atoms with Gasteiger partial charge in [0, 0.05) is 36.6 Å². The lowest BCUT2D eigenvalue weighted by Gasteiger charge is -2.38. The van der Waals surface area contributed by atoms with E-state index >= 15 is 0 Å². The van der Waals surface area contributed by atoms with Crippen LogP contribution in [-0.2, 0) is 13.6 Å². The number of aryl methyl sites for hydroxylation is 2. The number of unbranched alkanes of at least 4 members (excludes halogenated alkanes) is 1. The third-order valence-electron chi connectivity index (χ3n) is 5.12. The Hall–Kier alpha value is -1.89. The summed E-state index contributed by atoms with van der Waals surface area (Å²) in [6.07, 6.45) is 6.39. The quantitative estimate of drug-likeness (QED) is 0.264. The largest absolute Gasteiger partial charge is 0.421 e. The molecule has 27 heavy (non-hydrogen) atoms. The zero-order chi connectivity index (χ0) is 19.2. The number of anilines is 2. The second-order valence-electron chi connectivity index (χ2n) is 6.83. The standard InChI is InChI=1S/C20H30BrN6/c1-4-25-14-15-26(5-2)19-16-17(8-9-18(19)25)22-23-20-24(3)12-13-27(20)11-7-6-10-21/h8-9,12-13,16H,4-7,10-11,14-15H2,1-3H3/q+1. The molecular formula is C20H30BrN6+. The molecule has 2 heterocycles. The summed E-state index contributed by atoms with van der Waals surface area (Å²) in [6, 6.07) is 6.43. The van der Waals surface area contributed by atoms with E-state index in [1.807, 2.05) is 17.8 Å². The van der Waals surface area contributed by atoms with Crippen molar-refractivity contribution in [2.24, 2.45) is 17.3 Å². The maximum atomic E-state index is 4.56. The molecule has 0 radical (unpaired) electrons. The van der Waals surface area contributed by atoms with Crippen molar-refractivity contribution >= 4 is 38.9 Å². The van der Waals surface area contributed by atoms with E-state index in [-0.39, 0.29) is 0 Å². The molecule has 0 unspecified atom stereocenters. The number of halogens is 1. The Labute approximate surface area is 170 Å². The topological polar surface area (TPSA) is 40.0 Å². The van der Waals surface area contributed by atoms with Gasteiger partial charge in [-0.15, -0.1) is 0 Å². The van der Waals surface area contributed by atoms with E-state index in [1.54, 1.807) is 0 Å². The van der Waals surface area contributed by atoms with Crippen LogP contribution in [0.5, 0.6) is 0 Å². The van der Waals surface area contributed by atoms with Crippen molar-refractivity contribution in [2.45, 2.75) is 33.2 Å². The second-order valence-corrected chi connectivity index (χ2v) is 7.62. The molecule has 146 valence electrons. The number of azo groups is 1. The van der Waals surface area contributed by atoms with Gasteiger partial charge < -0.3 is 9.80 Å². The Kier molecular flexibility index (Phi) is 6.88. The van der Waals surface area contributed by atoms with Gasteiger partial charge in [0.25, 0.3) is 0 Å². The van der Waals surface area contributed by atoms with E-state index < -0.39 is 0 Å². The first-order chi connectivity index (χ1) is 13.2. The van der Waals surface area contributed by atoms with Crippen LogP contribution in [0.25, 0.3) is 0 Å². The van der Waals surface area contributed by atoms with Crippen molar-refractivity contribution in [2.75, 3.05) is 41.3 Å². The molecule has 1 aromatic heterocycles. The van der Waals surface area contributed by atoms with Crippen LogP contribution < -0.4 is 14.4 Å². The number of imidazole rings is 1. The number of hydrogen-bond donors (Lipinski definition) is 0. The molecule has 0 spiro atoms. The number of benzene rings is 1. The molecular weight excluding hydrogens is 404 g/mol. The van der Waals surface area contributed by atoms with E-state index in [4.69, 9.17) is 0 Å². The van der Waals surface area contributed by atoms with Gasteiger partial charge in [0.05, 0.1) is 37.4 Å². The number of nitrogens with zero attached hydrogens (tertiary/aromatic N) is 6. The minimum absolute atomic E-state index is 0.879. The zero-order valence-corrected chi connectivity index (χ0v) is 18.2. The van der Waals surface area contributed by atoms with Crippen molar-refractivity contribution in [3.63, 3.8) is 0 Å². The predicted octanol–water partition coefficient (Wildman–Crippen LogP) is 4.57. The van der Waals surface area contributed by atoms with Crippen LogP contribution in [0, 0.1) is 0 Å². The third-order valence-corrected chi connectivity index (χ3v) is 5.68. The van der Waals surface area contributed by atoms with E-state index in [9.17, 15) is 0 Å². The van der Waals surface area contributed by atoms with E-state index in [0.29, 0.717) is 0 Å². The summed E-state index contributed by atoms with van der Waals surface area (Å²) < 4.78 is 4.19. The van der Waals surface area contributed by atoms with E-state index in [2.05, 4.69) is 78.8 Å². The van der Waals surface area contributed by atoms with Gasteiger partial charge in [-0.3, -0.25) is 0 Å². The minimum Gasteiger partial charge on any atom is -0.368 e. The number of aromatic nitrogens is 2. The van der Waals surface area contributed by atoms with Gasteiger partial charge >= 0.3 is 5.95 Å². The van der Waals surface area contributed by atoms with Crippen LogP contribution in [-0.4, -0.2) is 36.1 Å². The second kappa shape index (κ2) is 9.35. The molecule has 1 aliphatic heterocycles. The fourth-order valence-electron chi connectivity index (χ4n) is 3.53. The van der Waals surface area contributed by atoms with E-state index in [1.165, 1.54) is 11.4 Å². The van der Waals surface area contributed by atoms with E-state index in [0.717, 1.165) is 62.5 Å². The van der Waals surface area contributed by atoms with Crippen molar-refractivity contribution in [1.29, 1.82) is 0 Å². The van der Waals surface area contributed by atoms with Crippen LogP contribution in [0.3, 0.4) is 0 Å². The average Bonchev–Trinajstić information content (AvgIpc) is 3.05. The highest BCUT2D eigenvalue weighted by Crippen LogP contribution is 2.36. The number of hydrogen-bond acceptors (Lipinski definition) is 4. The molecule has 1 aromatic carbocycles. The lowest BCUT2D eigenvalue weighted by molar-refractivity contribution is -0.657. The van der Waals surface area contributed by atoms with Gasteiger partial charge in [-0.1, -0.05) is 21.0 Å². The Balaban J connectivity index is 1.83. The fraction of sp³-hybridized carbons (Fsp3) is 0.550. The highest BCUT2D eigenvalue weighted by atomic mass is 79.9. The summed E-state index contributed by atoms with van der Waals surface area (Å²) in [4.78, 5) is 4.85. The monoisotopic (exact) mass is 433 g/mol. The average molecular weight is 434 g/mol. The lowest BCUT2D eigenvalue weighted by atomic mass is 10.1. The summed E-state index contributed by atoms with van der Waals surface area (Å²) in [7, 11) is 2.01. The molecule has 0 aliphatic carbocycles. The number of fused-ring (bicyclic) bond motifs is 1. The SMILES string of the molecule is CCN1CCN(CC)c2cc(N=Nc3n(CCCCBr)cc[n+]3C)ccc21. The van der Waals surface area contributed by atoms with Crippen LogP contribution in [0.15, 0.2) is 40.8 Å². The van der Waals surface area contributed by atoms with Crippen LogP contribution in [0.1, 0.15) is 26.7 Å². The minimum atomic E-state index is 0.879. The summed E-state index contributed by atoms with van der Waals surface area (Å²) in [5.74, 6) is 0.879. The molecule has 2 aromatic rings. The molecule has 7 heteroatoms. The predicted molar refractivity (Wildman–Crippen MR) is 115 cm³/mol. The molecule has 0 saturated heterocycles. The highest BCUT2D eigenvalue weighted by Gasteiger charge is 2.21. The van der Waals surface area contributed by atoms with Gasteiger partial charge in [-0.25, -0.2) is 9.13 Å². The van der Waals surface area contributed by atoms with Crippen LogP contribution in [0.4, 0.5) is 23.0 Å². The molecule has 3 rings (SSSR count). The molecule has 0 amide bonds. The van der Waals surface area contributed by atoms with Gasteiger partial charge in [0.15, 0.2) is 0 Å². The molecule has 0 fully saturated rings. The van der Waals surface area contributed by atoms with Crippen molar-refractivity contribution in [1.82, 2.24) is 4.57 Å². The number of rotatable bonds is 8. The van der Waals surface area contributed by atoms with Gasteiger partial charge in [0.2, 0.25) is 0 Å². The first-order valence-electron chi connectivity index (χ1n) is 9.84. The Morgan fingerprint density at radius 1 is 1.04 bits per heavy atom. The molecule has 0 N–H and O–H groups in total. The van der Waals surface area contributed by atoms with Crippen LogP contribution >= 0.6 is 15.9 Å². The summed E-state index contributed by atoms with van der Waals surface area (Å²) >= 11 is 3.49. The Bertz CT molecular complexity index is 785. The molecule has 0 saturated carbocycles. The molecule has 0 bridgehead atoms. The lowest BCUT2D eigenvalue weighted by Crippen LogP contribution is -2.40. The summed E-state index contributed by atoms with van der Waals surface area (Å²) in [5.41, 5.74) is 3.46. The molecule has 6 nitrogen and oxygen atoms in total. The van der Waals surface area contributed by atoms with Crippen molar-refractivity contribution in [3.8, 4) is 0 Å². The number of alkyl halides is 1. The van der Waals surface area contributed by atoms with Gasteiger partial charge in [-0.2, -0.15) is 0 Å². The maximum absolute atomic E-state index is 4.56. The van der Waals surface area contributed by atoms with Gasteiger partial charge in [-0.05, 0) is 44.9 Å². The summed E-state index contributed by atoms with van der Waals surface area (Å²) in [5, 5.41) is 10.2. The van der Waals surface area contributed by atoms with Crippen LogP contribution in [0.2, 0.25) is 0 Å². The molecule has 1 aliphatic rings. The van der Waals surface area contributed by atoms with Crippen molar-refractivity contribution in [3.05, 3.63) is 30.6 Å². The van der Waals surface area contributed by atoms with Gasteiger partial charge in [0.1, 0.15) is 5.69 Å². The molecule has 0 atom stereocenters. The Morgan fingerprint density at radius 2 is 1.78 bits per heavy atom.